The highest BCUT2D eigenvalue weighted by molar-refractivity contribution is 6.08. The summed E-state index contributed by atoms with van der Waals surface area (Å²) in [6.45, 7) is 2.40. The van der Waals surface area contributed by atoms with Crippen LogP contribution >= 0.6 is 0 Å². The first-order valence-corrected chi connectivity index (χ1v) is 6.54. The summed E-state index contributed by atoms with van der Waals surface area (Å²) in [4.78, 5) is 12.0. The van der Waals surface area contributed by atoms with Gasteiger partial charge in [-0.25, -0.2) is 4.39 Å². The van der Waals surface area contributed by atoms with E-state index in [-0.39, 0.29) is 11.3 Å². The average molecular weight is 286 g/mol. The van der Waals surface area contributed by atoms with Gasteiger partial charge in [-0.2, -0.15) is 0 Å². The molecule has 108 valence electrons. The van der Waals surface area contributed by atoms with Crippen LogP contribution in [0.5, 0.6) is 11.5 Å². The molecule has 0 amide bonds. The molecule has 2 aromatic carbocycles. The zero-order valence-corrected chi connectivity index (χ0v) is 11.5. The number of phenolic OH excluding ortho intramolecular Hbond substituents is 1. The summed E-state index contributed by atoms with van der Waals surface area (Å²) >= 11 is 0. The summed E-state index contributed by atoms with van der Waals surface area (Å²) in [7, 11) is 0. The van der Waals surface area contributed by atoms with Gasteiger partial charge in [0.1, 0.15) is 17.3 Å². The molecule has 0 aliphatic rings. The lowest BCUT2D eigenvalue weighted by Crippen LogP contribution is -1.96. The molecule has 3 nitrogen and oxygen atoms in total. The molecule has 0 radical (unpaired) electrons. The quantitative estimate of drug-likeness (QED) is 0.671. The van der Waals surface area contributed by atoms with Gasteiger partial charge in [-0.15, -0.1) is 0 Å². The molecular weight excluding hydrogens is 271 g/mol. The second-order valence-electron chi connectivity index (χ2n) is 4.33. The van der Waals surface area contributed by atoms with E-state index >= 15 is 0 Å². The molecule has 2 rings (SSSR count). The minimum absolute atomic E-state index is 0.0570. The van der Waals surface area contributed by atoms with Gasteiger partial charge in [0.05, 0.1) is 12.2 Å². The van der Waals surface area contributed by atoms with Crippen LogP contribution in [0.25, 0.3) is 6.08 Å². The fourth-order valence-corrected chi connectivity index (χ4v) is 1.87. The van der Waals surface area contributed by atoms with Crippen molar-refractivity contribution in [1.29, 1.82) is 0 Å². The smallest absolute Gasteiger partial charge is 0.189 e. The molecule has 0 aromatic heterocycles. The van der Waals surface area contributed by atoms with Crippen LogP contribution in [0.2, 0.25) is 0 Å². The number of carbonyl (C=O) groups is 1. The van der Waals surface area contributed by atoms with Crippen molar-refractivity contribution >= 4 is 11.9 Å². The third-order valence-corrected chi connectivity index (χ3v) is 2.86. The number of carbonyl (C=O) groups excluding carboxylic acids is 1. The van der Waals surface area contributed by atoms with Gasteiger partial charge in [0.25, 0.3) is 0 Å². The van der Waals surface area contributed by atoms with Crippen LogP contribution in [0, 0.1) is 5.82 Å². The molecule has 0 aliphatic carbocycles. The van der Waals surface area contributed by atoms with Crippen molar-refractivity contribution < 1.29 is 19.0 Å². The number of rotatable bonds is 5. The molecule has 0 aliphatic heterocycles. The van der Waals surface area contributed by atoms with Crippen LogP contribution in [0.4, 0.5) is 4.39 Å². The maximum Gasteiger partial charge on any atom is 0.189 e. The van der Waals surface area contributed by atoms with Crippen LogP contribution in [-0.4, -0.2) is 17.5 Å². The third kappa shape index (κ3) is 3.69. The minimum atomic E-state index is -0.588. The Morgan fingerprint density at radius 2 is 2.05 bits per heavy atom. The number of hydrogen-bond acceptors (Lipinski definition) is 3. The summed E-state index contributed by atoms with van der Waals surface area (Å²) in [6.07, 6.45) is 2.93. The Morgan fingerprint density at radius 1 is 1.29 bits per heavy atom. The van der Waals surface area contributed by atoms with E-state index in [0.717, 1.165) is 17.7 Å². The second kappa shape index (κ2) is 6.70. The van der Waals surface area contributed by atoms with E-state index < -0.39 is 11.6 Å². The average Bonchev–Trinajstić information content (AvgIpc) is 2.46. The molecule has 0 saturated heterocycles. The summed E-state index contributed by atoms with van der Waals surface area (Å²) in [5.74, 6) is -0.691. The number of aromatic hydroxyl groups is 1. The number of ether oxygens (including phenoxy) is 1. The fraction of sp³-hybridized carbons (Fsp3) is 0.118. The van der Waals surface area contributed by atoms with Gasteiger partial charge in [-0.3, -0.25) is 4.79 Å². The van der Waals surface area contributed by atoms with E-state index in [4.69, 9.17) is 4.74 Å². The van der Waals surface area contributed by atoms with Gasteiger partial charge in [-0.05, 0) is 37.3 Å². The predicted octanol–water partition coefficient (Wildman–Crippen LogP) is 3.83. The molecule has 0 unspecified atom stereocenters. The SMILES string of the molecule is CCOc1ccccc1/C=C/C(=O)c1ccc(F)cc1O. The van der Waals surface area contributed by atoms with Crippen LogP contribution in [0.15, 0.2) is 48.5 Å². The first-order chi connectivity index (χ1) is 10.1. The highest BCUT2D eigenvalue weighted by Gasteiger charge is 2.09. The molecule has 4 heteroatoms. The summed E-state index contributed by atoms with van der Waals surface area (Å²) in [5.41, 5.74) is 0.816. The van der Waals surface area contributed by atoms with E-state index in [1.165, 1.54) is 12.1 Å². The van der Waals surface area contributed by atoms with Gasteiger partial charge in [0.2, 0.25) is 0 Å². The lowest BCUT2D eigenvalue weighted by Gasteiger charge is -2.06. The molecule has 2 aromatic rings. The van der Waals surface area contributed by atoms with Crippen molar-refractivity contribution in [2.45, 2.75) is 6.92 Å². The number of phenols is 1. The molecule has 0 spiro atoms. The van der Waals surface area contributed by atoms with E-state index in [2.05, 4.69) is 0 Å². The Morgan fingerprint density at radius 3 is 2.76 bits per heavy atom. The van der Waals surface area contributed by atoms with Gasteiger partial charge >= 0.3 is 0 Å². The molecule has 0 heterocycles. The van der Waals surface area contributed by atoms with E-state index in [1.54, 1.807) is 6.08 Å². The molecular formula is C17H15FO3. The van der Waals surface area contributed by atoms with Crippen molar-refractivity contribution in [1.82, 2.24) is 0 Å². The molecule has 0 saturated carbocycles. The lowest BCUT2D eigenvalue weighted by molar-refractivity contribution is 0.104. The number of ketones is 1. The van der Waals surface area contributed by atoms with Crippen LogP contribution < -0.4 is 4.74 Å². The standard InChI is InChI=1S/C17H15FO3/c1-2-21-17-6-4-3-5-12(17)7-10-15(19)14-9-8-13(18)11-16(14)20/h3-11,20H,2H2,1H3/b10-7+. The maximum absolute atomic E-state index is 12.9. The van der Waals surface area contributed by atoms with Crippen LogP contribution in [0.1, 0.15) is 22.8 Å². The molecule has 0 bridgehead atoms. The summed E-state index contributed by atoms with van der Waals surface area (Å²) in [6, 6.07) is 10.6. The van der Waals surface area contributed by atoms with E-state index in [9.17, 15) is 14.3 Å². The third-order valence-electron chi connectivity index (χ3n) is 2.86. The monoisotopic (exact) mass is 286 g/mol. The Balaban J connectivity index is 2.23. The molecule has 0 fully saturated rings. The van der Waals surface area contributed by atoms with Gasteiger partial charge in [0, 0.05) is 11.6 Å². The second-order valence-corrected chi connectivity index (χ2v) is 4.33. The van der Waals surface area contributed by atoms with Gasteiger partial charge < -0.3 is 9.84 Å². The lowest BCUT2D eigenvalue weighted by atomic mass is 10.1. The first kappa shape index (κ1) is 14.8. The molecule has 21 heavy (non-hydrogen) atoms. The number of benzene rings is 2. The van der Waals surface area contributed by atoms with Gasteiger partial charge in [0.15, 0.2) is 5.78 Å². The summed E-state index contributed by atoms with van der Waals surface area (Å²) < 4.78 is 18.3. The predicted molar refractivity (Wildman–Crippen MR) is 79.0 cm³/mol. The van der Waals surface area contributed by atoms with E-state index in [1.807, 2.05) is 31.2 Å². The zero-order valence-electron chi connectivity index (χ0n) is 11.5. The summed E-state index contributed by atoms with van der Waals surface area (Å²) in [5, 5.41) is 9.58. The van der Waals surface area contributed by atoms with Crippen molar-refractivity contribution in [2.75, 3.05) is 6.61 Å². The fourth-order valence-electron chi connectivity index (χ4n) is 1.87. The van der Waals surface area contributed by atoms with E-state index in [0.29, 0.717) is 12.4 Å². The zero-order chi connectivity index (χ0) is 15.2. The van der Waals surface area contributed by atoms with Crippen molar-refractivity contribution in [3.05, 3.63) is 65.5 Å². The molecule has 0 atom stereocenters. The van der Waals surface area contributed by atoms with Crippen molar-refractivity contribution in [3.8, 4) is 11.5 Å². The Kier molecular flexibility index (Phi) is 4.72. The van der Waals surface area contributed by atoms with Crippen LogP contribution in [-0.2, 0) is 0 Å². The topological polar surface area (TPSA) is 46.5 Å². The minimum Gasteiger partial charge on any atom is -0.507 e. The number of allylic oxidation sites excluding steroid dienone is 1. The number of hydrogen-bond donors (Lipinski definition) is 1. The largest absolute Gasteiger partial charge is 0.507 e. The maximum atomic E-state index is 12.9. The Labute approximate surface area is 122 Å². The highest BCUT2D eigenvalue weighted by Crippen LogP contribution is 2.22. The number of para-hydroxylation sites is 1. The molecule has 1 N–H and O–H groups in total. The first-order valence-electron chi connectivity index (χ1n) is 6.54. The normalized spacial score (nSPS) is 10.8. The Bertz CT molecular complexity index is 677. The highest BCUT2D eigenvalue weighted by atomic mass is 19.1. The van der Waals surface area contributed by atoms with Crippen molar-refractivity contribution in [2.24, 2.45) is 0 Å². The van der Waals surface area contributed by atoms with Gasteiger partial charge in [-0.1, -0.05) is 18.2 Å². The number of halogens is 1. The Hall–Kier alpha value is -2.62. The van der Waals surface area contributed by atoms with Crippen molar-refractivity contribution in [3.63, 3.8) is 0 Å². The van der Waals surface area contributed by atoms with Crippen LogP contribution in [0.3, 0.4) is 0 Å².